The molecule has 1 saturated heterocycles. The molecular formula is C21H28N4O3S2. The number of hydrogen-bond acceptors (Lipinski definition) is 6. The number of fused-ring (bicyclic) bond motifs is 1. The average Bonchev–Trinajstić information content (AvgIpc) is 3.15. The van der Waals surface area contributed by atoms with Gasteiger partial charge in [0.15, 0.2) is 5.13 Å². The van der Waals surface area contributed by atoms with Crippen molar-refractivity contribution in [2.45, 2.75) is 57.0 Å². The Labute approximate surface area is 182 Å². The molecule has 162 valence electrons. The van der Waals surface area contributed by atoms with Crippen LogP contribution in [0.15, 0.2) is 29.2 Å². The molecule has 0 saturated carbocycles. The SMILES string of the molecule is CC(C)N1CCc2nc(NC(=O)c3ccc(S(=O)(=O)N4CCCCC4)cc3)sc2C1. The Bertz CT molecular complexity index is 1010. The number of nitrogens with one attached hydrogen (secondary N) is 1. The fourth-order valence-corrected chi connectivity index (χ4v) is 6.46. The lowest BCUT2D eigenvalue weighted by atomic mass is 10.1. The summed E-state index contributed by atoms with van der Waals surface area (Å²) in [5.41, 5.74) is 1.49. The topological polar surface area (TPSA) is 82.6 Å². The number of thiazole rings is 1. The predicted octanol–water partition coefficient (Wildman–Crippen LogP) is 3.34. The Hall–Kier alpha value is -1.81. The van der Waals surface area contributed by atoms with Gasteiger partial charge in [0.25, 0.3) is 5.91 Å². The molecule has 2 aliphatic rings. The van der Waals surface area contributed by atoms with Crippen molar-refractivity contribution >= 4 is 32.4 Å². The van der Waals surface area contributed by atoms with Crippen LogP contribution in [0.25, 0.3) is 0 Å². The van der Waals surface area contributed by atoms with Gasteiger partial charge in [-0.25, -0.2) is 13.4 Å². The highest BCUT2D eigenvalue weighted by Crippen LogP contribution is 2.29. The quantitative estimate of drug-likeness (QED) is 0.759. The highest BCUT2D eigenvalue weighted by Gasteiger charge is 2.26. The van der Waals surface area contributed by atoms with Gasteiger partial charge in [-0.1, -0.05) is 6.42 Å². The Morgan fingerprint density at radius 1 is 1.10 bits per heavy atom. The molecule has 4 rings (SSSR count). The molecule has 2 aliphatic heterocycles. The van der Waals surface area contributed by atoms with Crippen molar-refractivity contribution in [3.8, 4) is 0 Å². The lowest BCUT2D eigenvalue weighted by molar-refractivity contribution is 0.102. The molecule has 7 nitrogen and oxygen atoms in total. The first-order chi connectivity index (χ1) is 14.3. The van der Waals surface area contributed by atoms with Crippen LogP contribution in [0.1, 0.15) is 54.0 Å². The molecule has 0 spiro atoms. The van der Waals surface area contributed by atoms with Gasteiger partial charge < -0.3 is 0 Å². The first-order valence-corrected chi connectivity index (χ1v) is 12.7. The van der Waals surface area contributed by atoms with Crippen molar-refractivity contribution < 1.29 is 13.2 Å². The number of benzene rings is 1. The van der Waals surface area contributed by atoms with Gasteiger partial charge in [0.1, 0.15) is 0 Å². The largest absolute Gasteiger partial charge is 0.298 e. The van der Waals surface area contributed by atoms with Gasteiger partial charge in [-0.05, 0) is 51.0 Å². The Morgan fingerprint density at radius 3 is 2.47 bits per heavy atom. The number of hydrogen-bond donors (Lipinski definition) is 1. The van der Waals surface area contributed by atoms with Gasteiger partial charge in [0.05, 0.1) is 10.6 Å². The van der Waals surface area contributed by atoms with Crippen molar-refractivity contribution in [1.82, 2.24) is 14.2 Å². The van der Waals surface area contributed by atoms with E-state index >= 15 is 0 Å². The summed E-state index contributed by atoms with van der Waals surface area (Å²) in [7, 11) is -3.49. The van der Waals surface area contributed by atoms with E-state index in [0.717, 1.165) is 44.5 Å². The summed E-state index contributed by atoms with van der Waals surface area (Å²) in [5, 5.41) is 3.47. The Morgan fingerprint density at radius 2 is 1.80 bits per heavy atom. The van der Waals surface area contributed by atoms with Crippen molar-refractivity contribution in [1.29, 1.82) is 0 Å². The minimum atomic E-state index is -3.49. The van der Waals surface area contributed by atoms with E-state index in [1.165, 1.54) is 32.7 Å². The van der Waals surface area contributed by atoms with Crippen LogP contribution in [0.3, 0.4) is 0 Å². The predicted molar refractivity (Wildman–Crippen MR) is 118 cm³/mol. The molecule has 0 unspecified atom stereocenters. The maximum absolute atomic E-state index is 12.8. The van der Waals surface area contributed by atoms with Crippen molar-refractivity contribution in [3.05, 3.63) is 40.4 Å². The second kappa shape index (κ2) is 8.74. The molecule has 9 heteroatoms. The van der Waals surface area contributed by atoms with Gasteiger partial charge in [0, 0.05) is 49.1 Å². The number of rotatable bonds is 5. The van der Waals surface area contributed by atoms with Crippen molar-refractivity contribution in [3.63, 3.8) is 0 Å². The summed E-state index contributed by atoms with van der Waals surface area (Å²) in [6, 6.07) is 6.66. The lowest BCUT2D eigenvalue weighted by Crippen LogP contribution is -2.35. The second-order valence-electron chi connectivity index (χ2n) is 8.15. The molecule has 0 atom stereocenters. The molecule has 1 amide bonds. The molecule has 2 aromatic rings. The summed E-state index contributed by atoms with van der Waals surface area (Å²) in [4.78, 5) is 21.1. The number of amides is 1. The first kappa shape index (κ1) is 21.4. The number of carbonyl (C=O) groups excluding carboxylic acids is 1. The van der Waals surface area contributed by atoms with Crippen LogP contribution in [0.2, 0.25) is 0 Å². The van der Waals surface area contributed by atoms with Crippen LogP contribution in [0.4, 0.5) is 5.13 Å². The zero-order valence-electron chi connectivity index (χ0n) is 17.4. The highest BCUT2D eigenvalue weighted by atomic mass is 32.2. The van der Waals surface area contributed by atoms with Gasteiger partial charge in [-0.15, -0.1) is 11.3 Å². The smallest absolute Gasteiger partial charge is 0.257 e. The fraction of sp³-hybridized carbons (Fsp3) is 0.524. The van der Waals surface area contributed by atoms with Crippen molar-refractivity contribution in [2.24, 2.45) is 0 Å². The number of carbonyl (C=O) groups is 1. The average molecular weight is 449 g/mol. The van der Waals surface area contributed by atoms with Crippen LogP contribution >= 0.6 is 11.3 Å². The third-order valence-corrected chi connectivity index (χ3v) is 8.69. The normalized spacial score (nSPS) is 18.4. The van der Waals surface area contributed by atoms with Gasteiger partial charge >= 0.3 is 0 Å². The number of nitrogens with zero attached hydrogens (tertiary/aromatic N) is 3. The molecule has 1 aromatic carbocycles. The molecule has 1 N–H and O–H groups in total. The summed E-state index contributed by atoms with van der Waals surface area (Å²) in [6.07, 6.45) is 3.75. The maximum Gasteiger partial charge on any atom is 0.257 e. The minimum absolute atomic E-state index is 0.236. The molecule has 30 heavy (non-hydrogen) atoms. The van der Waals surface area contributed by atoms with Gasteiger partial charge in [-0.3, -0.25) is 15.0 Å². The maximum atomic E-state index is 12.8. The fourth-order valence-electron chi connectivity index (χ4n) is 3.91. The summed E-state index contributed by atoms with van der Waals surface area (Å²) < 4.78 is 27.1. The molecule has 0 bridgehead atoms. The van der Waals surface area contributed by atoms with Gasteiger partial charge in [0.2, 0.25) is 10.0 Å². The van der Waals surface area contributed by atoms with Gasteiger partial charge in [-0.2, -0.15) is 4.31 Å². The molecular weight excluding hydrogens is 420 g/mol. The van der Waals surface area contributed by atoms with E-state index in [1.54, 1.807) is 12.1 Å². The Balaban J connectivity index is 1.44. The standard InChI is InChI=1S/C21H28N4O3S2/c1-15(2)24-13-10-18-19(14-24)29-21(22-18)23-20(26)16-6-8-17(9-7-16)30(27,28)25-11-4-3-5-12-25/h6-9,15H,3-5,10-14H2,1-2H3,(H,22,23,26). The van der Waals surface area contributed by atoms with E-state index in [1.807, 2.05) is 0 Å². The molecule has 3 heterocycles. The highest BCUT2D eigenvalue weighted by molar-refractivity contribution is 7.89. The molecule has 0 aliphatic carbocycles. The monoisotopic (exact) mass is 448 g/mol. The lowest BCUT2D eigenvalue weighted by Gasteiger charge is -2.29. The molecule has 1 aromatic heterocycles. The second-order valence-corrected chi connectivity index (χ2v) is 11.2. The zero-order chi connectivity index (χ0) is 21.3. The van der Waals surface area contributed by atoms with E-state index in [2.05, 4.69) is 29.0 Å². The van der Waals surface area contributed by atoms with E-state index in [-0.39, 0.29) is 10.8 Å². The van der Waals surface area contributed by atoms with Crippen molar-refractivity contribution in [2.75, 3.05) is 25.0 Å². The van der Waals surface area contributed by atoms with Crippen LogP contribution in [-0.2, 0) is 23.0 Å². The molecule has 1 fully saturated rings. The van der Waals surface area contributed by atoms with E-state index in [0.29, 0.717) is 29.8 Å². The first-order valence-electron chi connectivity index (χ1n) is 10.5. The Kier molecular flexibility index (Phi) is 6.24. The van der Waals surface area contributed by atoms with Crippen LogP contribution < -0.4 is 5.32 Å². The van der Waals surface area contributed by atoms with E-state index < -0.39 is 10.0 Å². The number of sulfonamides is 1. The van der Waals surface area contributed by atoms with E-state index in [4.69, 9.17) is 0 Å². The van der Waals surface area contributed by atoms with Crippen LogP contribution in [0.5, 0.6) is 0 Å². The number of piperidine rings is 1. The minimum Gasteiger partial charge on any atom is -0.298 e. The number of anilines is 1. The van der Waals surface area contributed by atoms with Crippen LogP contribution in [0, 0.1) is 0 Å². The number of aromatic nitrogens is 1. The van der Waals surface area contributed by atoms with Crippen LogP contribution in [-0.4, -0.2) is 54.2 Å². The molecule has 0 radical (unpaired) electrons. The summed E-state index contributed by atoms with van der Waals surface area (Å²) in [6.45, 7) is 7.34. The summed E-state index contributed by atoms with van der Waals surface area (Å²) >= 11 is 1.52. The summed E-state index contributed by atoms with van der Waals surface area (Å²) in [5.74, 6) is -0.274. The van der Waals surface area contributed by atoms with E-state index in [9.17, 15) is 13.2 Å². The third kappa shape index (κ3) is 4.44. The zero-order valence-corrected chi connectivity index (χ0v) is 19.1. The third-order valence-electron chi connectivity index (χ3n) is 5.78.